The lowest BCUT2D eigenvalue weighted by Crippen LogP contribution is -2.44. The Balaban J connectivity index is 1.49. The maximum Gasteiger partial charge on any atom is 0.227 e. The second-order valence-corrected chi connectivity index (χ2v) is 6.87. The molecule has 5 nitrogen and oxygen atoms in total. The Labute approximate surface area is 147 Å². The first-order valence-corrected chi connectivity index (χ1v) is 8.93. The predicted molar refractivity (Wildman–Crippen MR) is 92.0 cm³/mol. The molecule has 2 heterocycles. The van der Waals surface area contributed by atoms with E-state index in [4.69, 9.17) is 16.3 Å². The van der Waals surface area contributed by atoms with Gasteiger partial charge in [0, 0.05) is 50.5 Å². The first-order valence-electron chi connectivity index (χ1n) is 8.55. The fourth-order valence-corrected chi connectivity index (χ4v) is 3.53. The summed E-state index contributed by atoms with van der Waals surface area (Å²) in [6, 6.07) is 7.35. The van der Waals surface area contributed by atoms with Gasteiger partial charge < -0.3 is 14.5 Å². The number of piperidine rings is 1. The molecule has 1 aromatic rings. The maximum absolute atomic E-state index is 12.6. The molecule has 24 heavy (non-hydrogen) atoms. The zero-order chi connectivity index (χ0) is 17.1. The largest absolute Gasteiger partial charge is 0.490 e. The summed E-state index contributed by atoms with van der Waals surface area (Å²) < 4.78 is 5.96. The average Bonchev–Trinajstić information content (AvgIpc) is 2.98. The van der Waals surface area contributed by atoms with Crippen molar-refractivity contribution in [3.8, 4) is 5.75 Å². The first kappa shape index (κ1) is 17.1. The highest BCUT2D eigenvalue weighted by molar-refractivity contribution is 6.30. The van der Waals surface area contributed by atoms with Gasteiger partial charge in [-0.15, -0.1) is 0 Å². The minimum Gasteiger partial charge on any atom is -0.490 e. The quantitative estimate of drug-likeness (QED) is 0.838. The van der Waals surface area contributed by atoms with Crippen molar-refractivity contribution in [1.29, 1.82) is 0 Å². The van der Waals surface area contributed by atoms with Crippen LogP contribution in [0.3, 0.4) is 0 Å². The summed E-state index contributed by atoms with van der Waals surface area (Å²) in [5.41, 5.74) is 0. The van der Waals surface area contributed by atoms with Crippen LogP contribution in [-0.4, -0.2) is 53.9 Å². The van der Waals surface area contributed by atoms with Gasteiger partial charge in [0.15, 0.2) is 0 Å². The van der Waals surface area contributed by atoms with Crippen LogP contribution in [-0.2, 0) is 9.59 Å². The van der Waals surface area contributed by atoms with E-state index in [2.05, 4.69) is 0 Å². The molecule has 2 fully saturated rings. The van der Waals surface area contributed by atoms with E-state index in [1.807, 2.05) is 36.1 Å². The number of rotatable bonds is 4. The van der Waals surface area contributed by atoms with Crippen LogP contribution < -0.4 is 4.74 Å². The second kappa shape index (κ2) is 7.43. The van der Waals surface area contributed by atoms with Gasteiger partial charge in [0.2, 0.25) is 11.8 Å². The lowest BCUT2D eigenvalue weighted by atomic mass is 10.0. The Hall–Kier alpha value is -1.75. The zero-order valence-corrected chi connectivity index (χ0v) is 14.7. The molecule has 0 radical (unpaired) electrons. The first-order chi connectivity index (χ1) is 11.6. The summed E-state index contributed by atoms with van der Waals surface area (Å²) >= 11 is 5.87. The van der Waals surface area contributed by atoms with E-state index >= 15 is 0 Å². The zero-order valence-electron chi connectivity index (χ0n) is 13.9. The topological polar surface area (TPSA) is 49.9 Å². The van der Waals surface area contributed by atoms with E-state index in [0.717, 1.165) is 18.6 Å². The predicted octanol–water partition coefficient (Wildman–Crippen LogP) is 2.58. The van der Waals surface area contributed by atoms with Crippen LogP contribution in [0.15, 0.2) is 24.3 Å². The van der Waals surface area contributed by atoms with Gasteiger partial charge in [-0.2, -0.15) is 0 Å². The molecule has 0 saturated carbocycles. The van der Waals surface area contributed by atoms with E-state index in [9.17, 15) is 9.59 Å². The number of hydrogen-bond acceptors (Lipinski definition) is 3. The van der Waals surface area contributed by atoms with Crippen molar-refractivity contribution in [2.24, 2.45) is 5.92 Å². The minimum atomic E-state index is -0.175. The van der Waals surface area contributed by atoms with E-state index in [-0.39, 0.29) is 23.8 Å². The summed E-state index contributed by atoms with van der Waals surface area (Å²) in [4.78, 5) is 28.1. The van der Waals surface area contributed by atoms with Gasteiger partial charge in [-0.3, -0.25) is 9.59 Å². The standard InChI is InChI=1S/C18H23ClN2O3/c1-2-20-12-13(11-17(20)22)18(23)21-9-7-16(8-10-21)24-15-5-3-14(19)4-6-15/h3-6,13,16H,2,7-12H2,1H3/t13-/m0/s1. The van der Waals surface area contributed by atoms with Crippen LogP contribution in [0, 0.1) is 5.92 Å². The van der Waals surface area contributed by atoms with Crippen LogP contribution in [0.25, 0.3) is 0 Å². The summed E-state index contributed by atoms with van der Waals surface area (Å²) in [5.74, 6) is 0.844. The molecule has 130 valence electrons. The normalized spacial score (nSPS) is 22.1. The van der Waals surface area contributed by atoms with Crippen LogP contribution in [0.4, 0.5) is 0 Å². The monoisotopic (exact) mass is 350 g/mol. The van der Waals surface area contributed by atoms with E-state index in [0.29, 0.717) is 37.6 Å². The third-order valence-electron chi connectivity index (χ3n) is 4.82. The van der Waals surface area contributed by atoms with Crippen LogP contribution in [0.1, 0.15) is 26.2 Å². The highest BCUT2D eigenvalue weighted by Gasteiger charge is 2.36. The van der Waals surface area contributed by atoms with Crippen molar-refractivity contribution < 1.29 is 14.3 Å². The Bertz CT molecular complexity index is 597. The number of halogens is 1. The number of carbonyl (C=O) groups is 2. The average molecular weight is 351 g/mol. The van der Waals surface area contributed by atoms with E-state index in [1.165, 1.54) is 0 Å². The van der Waals surface area contributed by atoms with Gasteiger partial charge in [0.1, 0.15) is 11.9 Å². The van der Waals surface area contributed by atoms with Crippen molar-refractivity contribution in [3.63, 3.8) is 0 Å². The highest BCUT2D eigenvalue weighted by atomic mass is 35.5. The molecule has 0 N–H and O–H groups in total. The van der Waals surface area contributed by atoms with Crippen molar-refractivity contribution in [1.82, 2.24) is 9.80 Å². The third kappa shape index (κ3) is 3.83. The fourth-order valence-electron chi connectivity index (χ4n) is 3.40. The lowest BCUT2D eigenvalue weighted by molar-refractivity contribution is -0.137. The Morgan fingerprint density at radius 2 is 1.92 bits per heavy atom. The smallest absolute Gasteiger partial charge is 0.227 e. The van der Waals surface area contributed by atoms with Crippen LogP contribution in [0.5, 0.6) is 5.75 Å². The number of ether oxygens (including phenoxy) is 1. The molecule has 0 aromatic heterocycles. The summed E-state index contributed by atoms with van der Waals surface area (Å²) in [6.45, 7) is 4.57. The summed E-state index contributed by atoms with van der Waals surface area (Å²) in [6.07, 6.45) is 2.10. The number of likely N-dealkylation sites (tertiary alicyclic amines) is 2. The minimum absolute atomic E-state index is 0.0943. The van der Waals surface area contributed by atoms with Gasteiger partial charge in [-0.25, -0.2) is 0 Å². The molecule has 1 aromatic carbocycles. The summed E-state index contributed by atoms with van der Waals surface area (Å²) in [7, 11) is 0. The molecular weight excluding hydrogens is 328 g/mol. The van der Waals surface area contributed by atoms with Crippen LogP contribution >= 0.6 is 11.6 Å². The lowest BCUT2D eigenvalue weighted by Gasteiger charge is -2.33. The Kier molecular flexibility index (Phi) is 5.29. The Morgan fingerprint density at radius 3 is 2.50 bits per heavy atom. The molecule has 0 bridgehead atoms. The molecule has 3 rings (SSSR count). The van der Waals surface area contributed by atoms with E-state index < -0.39 is 0 Å². The highest BCUT2D eigenvalue weighted by Crippen LogP contribution is 2.24. The number of carbonyl (C=O) groups excluding carboxylic acids is 2. The SMILES string of the molecule is CCN1C[C@@H](C(=O)N2CCC(Oc3ccc(Cl)cc3)CC2)CC1=O. The van der Waals surface area contributed by atoms with Crippen molar-refractivity contribution in [2.75, 3.05) is 26.2 Å². The Morgan fingerprint density at radius 1 is 1.25 bits per heavy atom. The molecule has 1 atom stereocenters. The molecule has 2 amide bonds. The molecule has 2 saturated heterocycles. The maximum atomic E-state index is 12.6. The molecule has 0 aliphatic carbocycles. The second-order valence-electron chi connectivity index (χ2n) is 6.43. The van der Waals surface area contributed by atoms with Crippen LogP contribution in [0.2, 0.25) is 5.02 Å². The van der Waals surface area contributed by atoms with E-state index in [1.54, 1.807) is 4.90 Å². The van der Waals surface area contributed by atoms with Crippen molar-refractivity contribution in [3.05, 3.63) is 29.3 Å². The third-order valence-corrected chi connectivity index (χ3v) is 5.07. The number of nitrogens with zero attached hydrogens (tertiary/aromatic N) is 2. The molecule has 2 aliphatic rings. The van der Waals surface area contributed by atoms with Gasteiger partial charge in [-0.05, 0) is 31.2 Å². The molecular formula is C18H23ClN2O3. The summed E-state index contributed by atoms with van der Waals surface area (Å²) in [5, 5.41) is 0.690. The van der Waals surface area contributed by atoms with Gasteiger partial charge in [0.25, 0.3) is 0 Å². The van der Waals surface area contributed by atoms with Crippen molar-refractivity contribution >= 4 is 23.4 Å². The molecule has 0 spiro atoms. The number of benzene rings is 1. The molecule has 2 aliphatic heterocycles. The molecule has 6 heteroatoms. The van der Waals surface area contributed by atoms with Gasteiger partial charge in [-0.1, -0.05) is 11.6 Å². The van der Waals surface area contributed by atoms with Crippen molar-refractivity contribution in [2.45, 2.75) is 32.3 Å². The number of amides is 2. The van der Waals surface area contributed by atoms with Gasteiger partial charge in [0.05, 0.1) is 5.92 Å². The number of hydrogen-bond donors (Lipinski definition) is 0. The van der Waals surface area contributed by atoms with Gasteiger partial charge >= 0.3 is 0 Å². The fraction of sp³-hybridized carbons (Fsp3) is 0.556. The molecule has 0 unspecified atom stereocenters.